The van der Waals surface area contributed by atoms with Crippen LogP contribution in [0.3, 0.4) is 0 Å². The van der Waals surface area contributed by atoms with Crippen LogP contribution in [-0.4, -0.2) is 56.5 Å². The molecule has 146 valence electrons. The first-order valence-electron chi connectivity index (χ1n) is 8.16. The molecule has 0 unspecified atom stereocenters. The van der Waals surface area contributed by atoms with Crippen LogP contribution in [0.2, 0.25) is 10.0 Å². The quantitative estimate of drug-likeness (QED) is 0.652. The molecule has 0 N–H and O–H groups in total. The van der Waals surface area contributed by atoms with Gasteiger partial charge < -0.3 is 9.64 Å². The first-order chi connectivity index (χ1) is 12.8. The van der Waals surface area contributed by atoms with Gasteiger partial charge in [-0.3, -0.25) is 0 Å². The van der Waals surface area contributed by atoms with Crippen molar-refractivity contribution in [2.45, 2.75) is 11.8 Å². The topological polar surface area (TPSA) is 79.8 Å². The van der Waals surface area contributed by atoms with E-state index in [2.05, 4.69) is 4.98 Å². The number of halogens is 2. The molecule has 1 saturated heterocycles. The highest BCUT2D eigenvalue weighted by Gasteiger charge is 2.32. The predicted molar refractivity (Wildman–Crippen MR) is 106 cm³/mol. The second-order valence-electron chi connectivity index (χ2n) is 5.68. The van der Waals surface area contributed by atoms with Gasteiger partial charge in [0.05, 0.1) is 16.7 Å². The number of thiazole rings is 1. The van der Waals surface area contributed by atoms with Gasteiger partial charge in [-0.05, 0) is 19.1 Å². The van der Waals surface area contributed by atoms with Gasteiger partial charge in [0, 0.05) is 31.6 Å². The molecule has 0 radical (unpaired) electrons. The lowest BCUT2D eigenvalue weighted by atomic mass is 10.4. The highest BCUT2D eigenvalue weighted by molar-refractivity contribution is 7.89. The predicted octanol–water partition coefficient (Wildman–Crippen LogP) is 3.14. The second kappa shape index (κ2) is 8.32. The molecule has 1 aromatic heterocycles. The van der Waals surface area contributed by atoms with Crippen LogP contribution in [0.1, 0.15) is 17.4 Å². The summed E-state index contributed by atoms with van der Waals surface area (Å²) in [6, 6.07) is 4.61. The van der Waals surface area contributed by atoms with Gasteiger partial charge in [0.15, 0.2) is 10.8 Å². The normalized spacial score (nSPS) is 15.7. The largest absolute Gasteiger partial charge is 0.461 e. The first kappa shape index (κ1) is 20.3. The molecule has 7 nitrogen and oxygen atoms in total. The monoisotopic (exact) mass is 449 g/mol. The van der Waals surface area contributed by atoms with E-state index in [9.17, 15) is 13.2 Å². The zero-order chi connectivity index (χ0) is 19.6. The Kier molecular flexibility index (Phi) is 6.27. The van der Waals surface area contributed by atoms with Crippen molar-refractivity contribution in [2.75, 3.05) is 37.7 Å². The maximum atomic E-state index is 12.9. The molecule has 0 bridgehead atoms. The van der Waals surface area contributed by atoms with Gasteiger partial charge in [-0.25, -0.2) is 18.2 Å². The number of ether oxygens (including phenoxy) is 1. The molecule has 1 aliphatic rings. The van der Waals surface area contributed by atoms with E-state index in [-0.39, 0.29) is 40.3 Å². The summed E-state index contributed by atoms with van der Waals surface area (Å²) < 4.78 is 32.1. The molecule has 2 heterocycles. The van der Waals surface area contributed by atoms with Crippen LogP contribution in [0.25, 0.3) is 0 Å². The SMILES string of the molecule is CCOC(=O)c1csc(N2CCN(S(=O)(=O)c3c(Cl)cccc3Cl)CC2)n1. The van der Waals surface area contributed by atoms with E-state index < -0.39 is 16.0 Å². The Morgan fingerprint density at radius 2 is 1.85 bits per heavy atom. The van der Waals surface area contributed by atoms with Gasteiger partial charge in [0.2, 0.25) is 10.0 Å². The summed E-state index contributed by atoms with van der Waals surface area (Å²) in [5, 5.41) is 2.50. The standard InChI is InChI=1S/C16H17Cl2N3O4S2/c1-2-25-15(22)13-10-26-16(19-13)20-6-8-21(9-7-20)27(23,24)14-11(17)4-3-5-12(14)18/h3-5,10H,2,6-9H2,1H3. The van der Waals surface area contributed by atoms with Gasteiger partial charge in [-0.15, -0.1) is 11.3 Å². The number of aromatic nitrogens is 1. The minimum Gasteiger partial charge on any atom is -0.461 e. The summed E-state index contributed by atoms with van der Waals surface area (Å²) in [6.07, 6.45) is 0. The number of carbonyl (C=O) groups is 1. The van der Waals surface area contributed by atoms with Gasteiger partial charge in [-0.2, -0.15) is 4.31 Å². The second-order valence-corrected chi connectivity index (χ2v) is 9.20. The molecule has 1 fully saturated rings. The fourth-order valence-corrected chi connectivity index (χ4v) is 6.05. The number of rotatable bonds is 5. The zero-order valence-electron chi connectivity index (χ0n) is 14.4. The third-order valence-corrected chi connectivity index (χ3v) is 7.76. The summed E-state index contributed by atoms with van der Waals surface area (Å²) in [5.41, 5.74) is 0.259. The average Bonchev–Trinajstić information content (AvgIpc) is 3.12. The molecule has 27 heavy (non-hydrogen) atoms. The lowest BCUT2D eigenvalue weighted by molar-refractivity contribution is 0.0520. The molecule has 0 spiro atoms. The maximum absolute atomic E-state index is 12.9. The van der Waals surface area contributed by atoms with Crippen LogP contribution in [0.15, 0.2) is 28.5 Å². The summed E-state index contributed by atoms with van der Waals surface area (Å²) in [7, 11) is -3.79. The maximum Gasteiger partial charge on any atom is 0.357 e. The van der Waals surface area contributed by atoms with Crippen molar-refractivity contribution in [3.05, 3.63) is 39.3 Å². The number of anilines is 1. The van der Waals surface area contributed by atoms with E-state index in [1.54, 1.807) is 18.4 Å². The smallest absolute Gasteiger partial charge is 0.357 e. The van der Waals surface area contributed by atoms with Crippen LogP contribution in [0.5, 0.6) is 0 Å². The fraction of sp³-hybridized carbons (Fsp3) is 0.375. The Hall–Kier alpha value is -1.39. The number of carbonyl (C=O) groups excluding carboxylic acids is 1. The summed E-state index contributed by atoms with van der Waals surface area (Å²) >= 11 is 13.5. The van der Waals surface area contributed by atoms with Crippen molar-refractivity contribution in [3.8, 4) is 0 Å². The summed E-state index contributed by atoms with van der Waals surface area (Å²) in [6.45, 7) is 3.42. The minimum atomic E-state index is -3.79. The Balaban J connectivity index is 1.71. The van der Waals surface area contributed by atoms with E-state index >= 15 is 0 Å². The molecule has 3 rings (SSSR count). The first-order valence-corrected chi connectivity index (χ1v) is 11.2. The van der Waals surface area contributed by atoms with E-state index in [0.717, 1.165) is 0 Å². The highest BCUT2D eigenvalue weighted by Crippen LogP contribution is 2.32. The van der Waals surface area contributed by atoms with E-state index in [1.807, 2.05) is 4.90 Å². The highest BCUT2D eigenvalue weighted by atomic mass is 35.5. The Morgan fingerprint density at radius 1 is 1.22 bits per heavy atom. The van der Waals surface area contributed by atoms with Crippen LogP contribution in [0.4, 0.5) is 5.13 Å². The Morgan fingerprint density at radius 3 is 2.44 bits per heavy atom. The number of hydrogen-bond donors (Lipinski definition) is 0. The lowest BCUT2D eigenvalue weighted by Crippen LogP contribution is -2.48. The molecule has 0 saturated carbocycles. The van der Waals surface area contributed by atoms with Crippen molar-refractivity contribution in [3.63, 3.8) is 0 Å². The number of piperazine rings is 1. The average molecular weight is 450 g/mol. The number of hydrogen-bond acceptors (Lipinski definition) is 7. The zero-order valence-corrected chi connectivity index (χ0v) is 17.5. The van der Waals surface area contributed by atoms with Crippen LogP contribution < -0.4 is 4.90 Å². The van der Waals surface area contributed by atoms with E-state index in [4.69, 9.17) is 27.9 Å². The van der Waals surface area contributed by atoms with Crippen LogP contribution in [0, 0.1) is 0 Å². The molecular formula is C16H17Cl2N3O4S2. The van der Waals surface area contributed by atoms with Gasteiger partial charge in [-0.1, -0.05) is 29.3 Å². The van der Waals surface area contributed by atoms with Gasteiger partial charge in [0.1, 0.15) is 4.90 Å². The molecule has 0 atom stereocenters. The third kappa shape index (κ3) is 4.22. The van der Waals surface area contributed by atoms with Crippen molar-refractivity contribution in [1.82, 2.24) is 9.29 Å². The number of benzene rings is 1. The van der Waals surface area contributed by atoms with Gasteiger partial charge >= 0.3 is 5.97 Å². The number of esters is 1. The number of nitrogens with zero attached hydrogens (tertiary/aromatic N) is 3. The summed E-state index contributed by atoms with van der Waals surface area (Å²) in [4.78, 5) is 17.9. The Bertz CT molecular complexity index is 921. The van der Waals surface area contributed by atoms with E-state index in [0.29, 0.717) is 18.2 Å². The Labute approximate surface area is 171 Å². The van der Waals surface area contributed by atoms with Crippen molar-refractivity contribution >= 4 is 55.7 Å². The van der Waals surface area contributed by atoms with E-state index in [1.165, 1.54) is 27.8 Å². The molecule has 1 aromatic carbocycles. The molecule has 1 aliphatic heterocycles. The molecule has 0 aliphatic carbocycles. The lowest BCUT2D eigenvalue weighted by Gasteiger charge is -2.34. The minimum absolute atomic E-state index is 0.0689. The third-order valence-electron chi connectivity index (χ3n) is 4.00. The van der Waals surface area contributed by atoms with Gasteiger partial charge in [0.25, 0.3) is 0 Å². The molecular weight excluding hydrogens is 433 g/mol. The van der Waals surface area contributed by atoms with Crippen LogP contribution >= 0.6 is 34.5 Å². The van der Waals surface area contributed by atoms with Crippen LogP contribution in [-0.2, 0) is 14.8 Å². The number of sulfonamides is 1. The van der Waals surface area contributed by atoms with Crippen molar-refractivity contribution in [1.29, 1.82) is 0 Å². The molecule has 0 amide bonds. The fourth-order valence-electron chi connectivity index (χ4n) is 2.69. The molecule has 2 aromatic rings. The summed E-state index contributed by atoms with van der Waals surface area (Å²) in [5.74, 6) is -0.463. The molecule has 11 heteroatoms. The van der Waals surface area contributed by atoms with Crippen molar-refractivity contribution in [2.24, 2.45) is 0 Å². The van der Waals surface area contributed by atoms with Crippen molar-refractivity contribution < 1.29 is 17.9 Å².